The number of rotatable bonds is 15. The molecule has 1 aliphatic rings. The summed E-state index contributed by atoms with van der Waals surface area (Å²) in [6, 6.07) is 0. The first-order chi connectivity index (χ1) is 11.4. The fourth-order valence-corrected chi connectivity index (χ4v) is 3.15. The third kappa shape index (κ3) is 10.7. The molecule has 0 saturated heterocycles. The molecule has 0 fully saturated rings. The molecule has 1 heterocycles. The molecule has 1 N–H and O–H groups in total. The molecule has 0 bridgehead atoms. The summed E-state index contributed by atoms with van der Waals surface area (Å²) in [5.41, 5.74) is 0. The highest BCUT2D eigenvalue weighted by atomic mass is 16.3. The molecule has 134 valence electrons. The van der Waals surface area contributed by atoms with Gasteiger partial charge in [0.15, 0.2) is 0 Å². The Hall–Kier alpha value is -0.670. The second-order valence-electron chi connectivity index (χ2n) is 6.71. The van der Waals surface area contributed by atoms with E-state index in [0.29, 0.717) is 0 Å². The van der Waals surface area contributed by atoms with Gasteiger partial charge in [-0.05, 0) is 12.8 Å². The molecule has 0 aliphatic carbocycles. The van der Waals surface area contributed by atoms with Crippen molar-refractivity contribution in [3.05, 3.63) is 12.2 Å². The number of allylic oxidation sites excluding steroid dienone is 1. The molecular weight excluding hydrogens is 284 g/mol. The summed E-state index contributed by atoms with van der Waals surface area (Å²) in [4.78, 5) is 6.70. The van der Waals surface area contributed by atoms with E-state index in [1.54, 1.807) is 0 Å². The van der Waals surface area contributed by atoms with Gasteiger partial charge < -0.3 is 5.11 Å². The third-order valence-electron chi connectivity index (χ3n) is 4.64. The largest absolute Gasteiger partial charge is 0.395 e. The maximum absolute atomic E-state index is 9.01. The van der Waals surface area contributed by atoms with Gasteiger partial charge in [-0.2, -0.15) is 0 Å². The molecule has 0 radical (unpaired) electrons. The Morgan fingerprint density at radius 2 is 1.65 bits per heavy atom. The fourth-order valence-electron chi connectivity index (χ4n) is 3.15. The highest BCUT2D eigenvalue weighted by Gasteiger charge is 2.18. The van der Waals surface area contributed by atoms with E-state index >= 15 is 0 Å². The van der Waals surface area contributed by atoms with Gasteiger partial charge in [0.1, 0.15) is 6.17 Å². The Kier molecular flexibility index (Phi) is 13.2. The average molecular weight is 323 g/mol. The van der Waals surface area contributed by atoms with Crippen molar-refractivity contribution in [3.8, 4) is 0 Å². The standard InChI is InChI=1S/C20H38N2O/c1-2-3-4-5-6-7-8-9-10-11-12-13-14-15-20-21-16-17-22(20)18-19-23/h13-14,16,20,23H,2-12,15,17-19H2,1H3/b14-13+. The van der Waals surface area contributed by atoms with Gasteiger partial charge in [-0.25, -0.2) is 0 Å². The minimum Gasteiger partial charge on any atom is -0.395 e. The van der Waals surface area contributed by atoms with Crippen molar-refractivity contribution >= 4 is 6.21 Å². The Balaban J connectivity index is 1.86. The smallest absolute Gasteiger partial charge is 0.105 e. The van der Waals surface area contributed by atoms with Gasteiger partial charge in [0.2, 0.25) is 0 Å². The summed E-state index contributed by atoms with van der Waals surface area (Å²) in [6.45, 7) is 4.12. The average Bonchev–Trinajstić information content (AvgIpc) is 2.99. The minimum atomic E-state index is 0.224. The first-order valence-corrected chi connectivity index (χ1v) is 9.90. The van der Waals surface area contributed by atoms with Crippen LogP contribution in [0.3, 0.4) is 0 Å². The first kappa shape index (κ1) is 20.4. The molecule has 23 heavy (non-hydrogen) atoms. The lowest BCUT2D eigenvalue weighted by atomic mass is 10.1. The van der Waals surface area contributed by atoms with E-state index in [1.165, 1.54) is 70.6 Å². The number of aliphatic imine (C=N–C) groups is 1. The Labute approximate surface area is 143 Å². The predicted molar refractivity (Wildman–Crippen MR) is 101 cm³/mol. The van der Waals surface area contributed by atoms with Crippen molar-refractivity contribution in [2.24, 2.45) is 4.99 Å². The zero-order chi connectivity index (χ0) is 16.6. The van der Waals surface area contributed by atoms with Crippen molar-refractivity contribution in [1.29, 1.82) is 0 Å². The normalized spacial score (nSPS) is 18.4. The summed E-state index contributed by atoms with van der Waals surface area (Å²) in [5.74, 6) is 0. The number of aliphatic hydroxyl groups excluding tert-OH is 1. The molecule has 1 unspecified atom stereocenters. The molecule has 3 heteroatoms. The van der Waals surface area contributed by atoms with E-state index < -0.39 is 0 Å². The number of nitrogens with zero attached hydrogens (tertiary/aromatic N) is 2. The van der Waals surface area contributed by atoms with E-state index in [2.05, 4.69) is 29.0 Å². The number of aliphatic hydroxyl groups is 1. The predicted octanol–water partition coefficient (Wildman–Crippen LogP) is 4.95. The lowest BCUT2D eigenvalue weighted by Gasteiger charge is -2.20. The van der Waals surface area contributed by atoms with Crippen LogP contribution in [0.25, 0.3) is 0 Å². The number of β-amino-alcohol motifs (C(OH)–C–C–N with tert-alkyl or cyclic N) is 1. The Morgan fingerprint density at radius 1 is 1.00 bits per heavy atom. The molecule has 1 rings (SSSR count). The van der Waals surface area contributed by atoms with E-state index in [9.17, 15) is 0 Å². The summed E-state index contributed by atoms with van der Waals surface area (Å²) in [6.07, 6.45) is 23.0. The Bertz CT molecular complexity index is 315. The van der Waals surface area contributed by atoms with Crippen LogP contribution >= 0.6 is 0 Å². The molecule has 0 aromatic heterocycles. The molecule has 0 spiro atoms. The molecule has 3 nitrogen and oxygen atoms in total. The number of unbranched alkanes of at least 4 members (excludes halogenated alkanes) is 10. The molecule has 1 atom stereocenters. The highest BCUT2D eigenvalue weighted by molar-refractivity contribution is 5.62. The van der Waals surface area contributed by atoms with Crippen LogP contribution in [0, 0.1) is 0 Å². The second-order valence-corrected chi connectivity index (χ2v) is 6.71. The summed E-state index contributed by atoms with van der Waals surface area (Å²) >= 11 is 0. The summed E-state index contributed by atoms with van der Waals surface area (Å²) in [7, 11) is 0. The van der Waals surface area contributed by atoms with E-state index in [-0.39, 0.29) is 12.8 Å². The van der Waals surface area contributed by atoms with Gasteiger partial charge in [0, 0.05) is 25.7 Å². The van der Waals surface area contributed by atoms with Crippen molar-refractivity contribution in [3.63, 3.8) is 0 Å². The minimum absolute atomic E-state index is 0.224. The maximum atomic E-state index is 9.01. The molecule has 0 aromatic carbocycles. The molecular formula is C20H38N2O. The van der Waals surface area contributed by atoms with Gasteiger partial charge in [0.05, 0.1) is 6.61 Å². The van der Waals surface area contributed by atoms with E-state index in [1.807, 2.05) is 6.21 Å². The lowest BCUT2D eigenvalue weighted by Crippen LogP contribution is -2.32. The molecule has 0 amide bonds. The number of hydrogen-bond donors (Lipinski definition) is 1. The topological polar surface area (TPSA) is 35.8 Å². The van der Waals surface area contributed by atoms with Crippen LogP contribution in [0.1, 0.15) is 84.0 Å². The SMILES string of the molecule is CCCCCCCCCCCC/C=C/CC1N=CCN1CCO. The van der Waals surface area contributed by atoms with Gasteiger partial charge in [0.25, 0.3) is 0 Å². The third-order valence-corrected chi connectivity index (χ3v) is 4.64. The van der Waals surface area contributed by atoms with Gasteiger partial charge in [-0.3, -0.25) is 9.89 Å². The van der Waals surface area contributed by atoms with Gasteiger partial charge in [-0.1, -0.05) is 76.9 Å². The monoisotopic (exact) mass is 322 g/mol. The summed E-state index contributed by atoms with van der Waals surface area (Å²) in [5, 5.41) is 9.01. The quantitative estimate of drug-likeness (QED) is 0.342. The van der Waals surface area contributed by atoms with Crippen LogP contribution in [0.15, 0.2) is 17.1 Å². The van der Waals surface area contributed by atoms with Gasteiger partial charge >= 0.3 is 0 Å². The molecule has 0 saturated carbocycles. The highest BCUT2D eigenvalue weighted by Crippen LogP contribution is 2.13. The maximum Gasteiger partial charge on any atom is 0.105 e. The van der Waals surface area contributed by atoms with E-state index in [0.717, 1.165) is 19.5 Å². The van der Waals surface area contributed by atoms with Gasteiger partial charge in [-0.15, -0.1) is 0 Å². The van der Waals surface area contributed by atoms with Crippen molar-refractivity contribution < 1.29 is 5.11 Å². The van der Waals surface area contributed by atoms with Crippen LogP contribution in [0.4, 0.5) is 0 Å². The first-order valence-electron chi connectivity index (χ1n) is 9.90. The number of hydrogen-bond acceptors (Lipinski definition) is 3. The Morgan fingerprint density at radius 3 is 2.30 bits per heavy atom. The molecule has 1 aliphatic heterocycles. The molecule has 0 aromatic rings. The lowest BCUT2D eigenvalue weighted by molar-refractivity contribution is 0.184. The van der Waals surface area contributed by atoms with Crippen LogP contribution in [-0.4, -0.2) is 42.1 Å². The van der Waals surface area contributed by atoms with E-state index in [4.69, 9.17) is 5.11 Å². The summed E-state index contributed by atoms with van der Waals surface area (Å²) < 4.78 is 0. The van der Waals surface area contributed by atoms with Crippen molar-refractivity contribution in [2.45, 2.75) is 90.1 Å². The van der Waals surface area contributed by atoms with Crippen LogP contribution in [0.2, 0.25) is 0 Å². The van der Waals surface area contributed by atoms with Crippen LogP contribution in [0.5, 0.6) is 0 Å². The second kappa shape index (κ2) is 14.9. The fraction of sp³-hybridized carbons (Fsp3) is 0.850. The van der Waals surface area contributed by atoms with Crippen LogP contribution < -0.4 is 0 Å². The van der Waals surface area contributed by atoms with Crippen LogP contribution in [-0.2, 0) is 0 Å². The zero-order valence-corrected chi connectivity index (χ0v) is 15.3. The zero-order valence-electron chi connectivity index (χ0n) is 15.3. The van der Waals surface area contributed by atoms with Crippen molar-refractivity contribution in [1.82, 2.24) is 4.90 Å². The van der Waals surface area contributed by atoms with Crippen molar-refractivity contribution in [2.75, 3.05) is 19.7 Å².